The fourth-order valence-corrected chi connectivity index (χ4v) is 5.12. The van der Waals surface area contributed by atoms with Gasteiger partial charge < -0.3 is 10.2 Å². The number of thiazole rings is 1. The van der Waals surface area contributed by atoms with Crippen LogP contribution < -0.4 is 5.32 Å². The second-order valence-electron chi connectivity index (χ2n) is 7.85. The molecular formula is C20H27N5O2S. The molecule has 2 N–H and O–H groups in total. The van der Waals surface area contributed by atoms with Crippen LogP contribution in [0, 0.1) is 19.8 Å². The molecule has 2 aromatic rings. The van der Waals surface area contributed by atoms with E-state index in [-0.39, 0.29) is 17.7 Å². The zero-order valence-corrected chi connectivity index (χ0v) is 17.3. The van der Waals surface area contributed by atoms with E-state index < -0.39 is 0 Å². The first kappa shape index (κ1) is 19.1. The maximum atomic E-state index is 13.0. The monoisotopic (exact) mass is 401 g/mol. The first-order valence-electron chi connectivity index (χ1n) is 10.1. The molecule has 0 aromatic carbocycles. The van der Waals surface area contributed by atoms with Crippen LogP contribution in [0.15, 0.2) is 0 Å². The van der Waals surface area contributed by atoms with Gasteiger partial charge in [0, 0.05) is 30.9 Å². The molecule has 1 aliphatic carbocycles. The Labute approximate surface area is 168 Å². The van der Waals surface area contributed by atoms with Crippen LogP contribution in [-0.2, 0) is 12.8 Å². The van der Waals surface area contributed by atoms with Crippen molar-refractivity contribution in [3.8, 4) is 0 Å². The van der Waals surface area contributed by atoms with E-state index >= 15 is 0 Å². The van der Waals surface area contributed by atoms with Crippen molar-refractivity contribution in [3.63, 3.8) is 0 Å². The molecule has 28 heavy (non-hydrogen) atoms. The van der Waals surface area contributed by atoms with Crippen LogP contribution in [0.1, 0.15) is 67.8 Å². The SMILES string of the molecule is Cc1nc(C)c(C(=O)NCC2CCCN(C(=O)c3n[nH]c4c3CCCC4)C2)s1. The summed E-state index contributed by atoms with van der Waals surface area (Å²) < 4.78 is 0. The number of aromatic nitrogens is 3. The van der Waals surface area contributed by atoms with Crippen LogP contribution in [0.25, 0.3) is 0 Å². The highest BCUT2D eigenvalue weighted by atomic mass is 32.1. The molecule has 150 valence electrons. The number of nitrogens with one attached hydrogen (secondary N) is 2. The molecule has 1 atom stereocenters. The molecule has 3 heterocycles. The number of H-pyrrole nitrogens is 1. The van der Waals surface area contributed by atoms with Gasteiger partial charge in [0.15, 0.2) is 5.69 Å². The van der Waals surface area contributed by atoms with Gasteiger partial charge in [-0.1, -0.05) is 0 Å². The van der Waals surface area contributed by atoms with Crippen molar-refractivity contribution in [1.29, 1.82) is 0 Å². The second kappa shape index (κ2) is 8.03. The topological polar surface area (TPSA) is 91.0 Å². The second-order valence-corrected chi connectivity index (χ2v) is 9.06. The van der Waals surface area contributed by atoms with Crippen molar-refractivity contribution in [2.24, 2.45) is 5.92 Å². The van der Waals surface area contributed by atoms with Gasteiger partial charge in [-0.25, -0.2) is 4.98 Å². The average molecular weight is 402 g/mol. The maximum Gasteiger partial charge on any atom is 0.274 e. The molecular weight excluding hydrogens is 374 g/mol. The summed E-state index contributed by atoms with van der Waals surface area (Å²) in [5.41, 5.74) is 3.63. The normalized spacial score (nSPS) is 19.4. The summed E-state index contributed by atoms with van der Waals surface area (Å²) in [6.45, 7) is 5.79. The molecule has 2 aromatic heterocycles. The van der Waals surface area contributed by atoms with Crippen molar-refractivity contribution in [2.45, 2.75) is 52.4 Å². The lowest BCUT2D eigenvalue weighted by atomic mass is 9.94. The highest BCUT2D eigenvalue weighted by Crippen LogP contribution is 2.25. The number of nitrogens with zero attached hydrogens (tertiary/aromatic N) is 3. The summed E-state index contributed by atoms with van der Waals surface area (Å²) in [5, 5.41) is 11.3. The lowest BCUT2D eigenvalue weighted by Gasteiger charge is -2.32. The molecule has 4 rings (SSSR count). The van der Waals surface area contributed by atoms with Gasteiger partial charge >= 0.3 is 0 Å². The lowest BCUT2D eigenvalue weighted by Crippen LogP contribution is -2.44. The van der Waals surface area contributed by atoms with Crippen LogP contribution in [0.2, 0.25) is 0 Å². The van der Waals surface area contributed by atoms with Crippen LogP contribution in [0.3, 0.4) is 0 Å². The zero-order valence-electron chi connectivity index (χ0n) is 16.5. The number of piperidine rings is 1. The van der Waals surface area contributed by atoms with Crippen LogP contribution in [0.5, 0.6) is 0 Å². The van der Waals surface area contributed by atoms with Crippen molar-refractivity contribution < 1.29 is 9.59 Å². The Morgan fingerprint density at radius 3 is 2.86 bits per heavy atom. The quantitative estimate of drug-likeness (QED) is 0.824. The third-order valence-electron chi connectivity index (χ3n) is 5.73. The Morgan fingerprint density at radius 1 is 1.25 bits per heavy atom. The van der Waals surface area contributed by atoms with Gasteiger partial charge in [-0.15, -0.1) is 11.3 Å². The third kappa shape index (κ3) is 3.83. The van der Waals surface area contributed by atoms with Gasteiger partial charge in [0.2, 0.25) is 0 Å². The standard InChI is InChI=1S/C20H27N5O2S/c1-12-18(28-13(2)22-12)19(26)21-10-14-6-5-9-25(11-14)20(27)17-15-7-3-4-8-16(15)23-24-17/h14H,3-11H2,1-2H3,(H,21,26)(H,23,24). The number of aryl methyl sites for hydroxylation is 3. The first-order valence-corrected chi connectivity index (χ1v) is 10.9. The molecule has 1 saturated heterocycles. The number of rotatable bonds is 4. The minimum absolute atomic E-state index is 0.0318. The zero-order chi connectivity index (χ0) is 19.7. The molecule has 0 bridgehead atoms. The fourth-order valence-electron chi connectivity index (χ4n) is 4.28. The summed E-state index contributed by atoms with van der Waals surface area (Å²) in [6.07, 6.45) is 6.18. The third-order valence-corrected chi connectivity index (χ3v) is 6.80. The molecule has 7 nitrogen and oxygen atoms in total. The number of hydrogen-bond donors (Lipinski definition) is 2. The summed E-state index contributed by atoms with van der Waals surface area (Å²) in [6, 6.07) is 0. The average Bonchev–Trinajstić information content (AvgIpc) is 3.28. The van der Waals surface area contributed by atoms with Crippen LogP contribution in [-0.4, -0.2) is 51.5 Å². The number of fused-ring (bicyclic) bond motifs is 1. The lowest BCUT2D eigenvalue weighted by molar-refractivity contribution is 0.0664. The van der Waals surface area contributed by atoms with Crippen molar-refractivity contribution in [1.82, 2.24) is 25.4 Å². The Morgan fingerprint density at radius 2 is 2.07 bits per heavy atom. The molecule has 8 heteroatoms. The molecule has 1 aliphatic heterocycles. The Hall–Kier alpha value is -2.22. The number of carbonyl (C=O) groups excluding carboxylic acids is 2. The predicted octanol–water partition coefficient (Wildman–Crippen LogP) is 2.64. The van der Waals surface area contributed by atoms with Crippen LogP contribution >= 0.6 is 11.3 Å². The van der Waals surface area contributed by atoms with Gasteiger partial charge in [-0.05, 0) is 58.3 Å². The highest BCUT2D eigenvalue weighted by molar-refractivity contribution is 7.13. The molecule has 1 fully saturated rings. The minimum Gasteiger partial charge on any atom is -0.351 e. The Bertz CT molecular complexity index is 887. The molecule has 0 radical (unpaired) electrons. The highest BCUT2D eigenvalue weighted by Gasteiger charge is 2.29. The first-order chi connectivity index (χ1) is 13.5. The van der Waals surface area contributed by atoms with E-state index in [0.29, 0.717) is 23.7 Å². The number of aromatic amines is 1. The van der Waals surface area contributed by atoms with E-state index in [1.807, 2.05) is 18.7 Å². The minimum atomic E-state index is -0.0621. The number of amides is 2. The van der Waals surface area contributed by atoms with Gasteiger partial charge in [0.25, 0.3) is 11.8 Å². The molecule has 2 amide bonds. The van der Waals surface area contributed by atoms with E-state index in [2.05, 4.69) is 20.5 Å². The number of carbonyl (C=O) groups is 2. The number of hydrogen-bond acceptors (Lipinski definition) is 5. The Balaban J connectivity index is 1.36. The van der Waals surface area contributed by atoms with E-state index in [0.717, 1.165) is 67.0 Å². The molecule has 1 unspecified atom stereocenters. The summed E-state index contributed by atoms with van der Waals surface area (Å²) in [4.78, 5) is 32.4. The molecule has 0 spiro atoms. The van der Waals surface area contributed by atoms with Gasteiger partial charge in [0.05, 0.1) is 10.7 Å². The van der Waals surface area contributed by atoms with Gasteiger partial charge in [0.1, 0.15) is 4.88 Å². The fraction of sp³-hybridized carbons (Fsp3) is 0.600. The summed E-state index contributed by atoms with van der Waals surface area (Å²) in [5.74, 6) is 0.239. The summed E-state index contributed by atoms with van der Waals surface area (Å²) in [7, 11) is 0. The largest absolute Gasteiger partial charge is 0.351 e. The van der Waals surface area contributed by atoms with Crippen molar-refractivity contribution >= 4 is 23.2 Å². The van der Waals surface area contributed by atoms with Crippen LogP contribution in [0.4, 0.5) is 0 Å². The smallest absolute Gasteiger partial charge is 0.274 e. The molecule has 0 saturated carbocycles. The number of likely N-dealkylation sites (tertiary alicyclic amines) is 1. The van der Waals surface area contributed by atoms with Crippen molar-refractivity contribution in [3.05, 3.63) is 32.5 Å². The molecule has 2 aliphatic rings. The van der Waals surface area contributed by atoms with Gasteiger partial charge in [-0.3, -0.25) is 14.7 Å². The summed E-state index contributed by atoms with van der Waals surface area (Å²) >= 11 is 1.43. The van der Waals surface area contributed by atoms with E-state index in [1.54, 1.807) is 0 Å². The van der Waals surface area contributed by atoms with E-state index in [4.69, 9.17) is 0 Å². The maximum absolute atomic E-state index is 13.0. The predicted molar refractivity (Wildman–Crippen MR) is 108 cm³/mol. The van der Waals surface area contributed by atoms with Gasteiger partial charge in [-0.2, -0.15) is 5.10 Å². The van der Waals surface area contributed by atoms with Crippen molar-refractivity contribution in [2.75, 3.05) is 19.6 Å². The van der Waals surface area contributed by atoms with E-state index in [1.165, 1.54) is 11.3 Å². The van der Waals surface area contributed by atoms with E-state index in [9.17, 15) is 9.59 Å². The Kier molecular flexibility index (Phi) is 5.48.